The van der Waals surface area contributed by atoms with Crippen LogP contribution >= 0.6 is 11.3 Å². The molecule has 0 saturated heterocycles. The van der Waals surface area contributed by atoms with Crippen molar-refractivity contribution in [1.29, 1.82) is 0 Å². The maximum absolute atomic E-state index is 12.7. The van der Waals surface area contributed by atoms with Crippen molar-refractivity contribution >= 4 is 23.2 Å². The molecule has 10 heteroatoms. The molecule has 2 aromatic rings. The number of nitrogens with zero attached hydrogens (tertiary/aromatic N) is 1. The first-order valence-electron chi connectivity index (χ1n) is 11.3. The number of rotatable bonds is 10. The van der Waals surface area contributed by atoms with Crippen molar-refractivity contribution in [3.05, 3.63) is 58.5 Å². The van der Waals surface area contributed by atoms with E-state index in [0.717, 1.165) is 31.2 Å². The molecule has 2 atom stereocenters. The van der Waals surface area contributed by atoms with Gasteiger partial charge >= 0.3 is 11.9 Å². The van der Waals surface area contributed by atoms with Crippen molar-refractivity contribution in [3.8, 4) is 5.88 Å². The summed E-state index contributed by atoms with van der Waals surface area (Å²) < 4.78 is 22.4. The zero-order chi connectivity index (χ0) is 23.9. The molecule has 2 heterocycles. The lowest BCUT2D eigenvalue weighted by Crippen LogP contribution is -2.34. The van der Waals surface area contributed by atoms with Crippen molar-refractivity contribution in [3.63, 3.8) is 0 Å². The quantitative estimate of drug-likeness (QED) is 0.520. The number of benzene rings is 1. The summed E-state index contributed by atoms with van der Waals surface area (Å²) in [6.45, 7) is 2.07. The predicted molar refractivity (Wildman–Crippen MR) is 123 cm³/mol. The van der Waals surface area contributed by atoms with Gasteiger partial charge < -0.3 is 29.4 Å². The monoisotopic (exact) mass is 488 g/mol. The lowest BCUT2D eigenvalue weighted by Gasteiger charge is -2.29. The summed E-state index contributed by atoms with van der Waals surface area (Å²) in [5.41, 5.74) is 2.63. The van der Waals surface area contributed by atoms with Gasteiger partial charge in [0.2, 0.25) is 12.2 Å². The van der Waals surface area contributed by atoms with Crippen molar-refractivity contribution in [2.45, 2.75) is 57.5 Å². The Bertz CT molecular complexity index is 1000. The molecule has 182 valence electrons. The minimum absolute atomic E-state index is 0.0489. The van der Waals surface area contributed by atoms with E-state index in [1.165, 1.54) is 17.6 Å². The summed E-state index contributed by atoms with van der Waals surface area (Å²) in [5, 5.41) is 11.9. The van der Waals surface area contributed by atoms with E-state index in [2.05, 4.69) is 10.3 Å². The van der Waals surface area contributed by atoms with E-state index in [1.807, 2.05) is 30.3 Å². The van der Waals surface area contributed by atoms with Crippen LogP contribution in [0.2, 0.25) is 0 Å². The highest BCUT2D eigenvalue weighted by Crippen LogP contribution is 2.28. The molecule has 1 aliphatic heterocycles. The second kappa shape index (κ2) is 11.3. The molecule has 4 rings (SSSR count). The van der Waals surface area contributed by atoms with Crippen molar-refractivity contribution in [1.82, 2.24) is 10.3 Å². The van der Waals surface area contributed by atoms with Gasteiger partial charge in [-0.15, -0.1) is 11.3 Å². The molecule has 0 radical (unpaired) electrons. The Kier molecular flexibility index (Phi) is 8.02. The van der Waals surface area contributed by atoms with Crippen LogP contribution in [0.15, 0.2) is 48.0 Å². The summed E-state index contributed by atoms with van der Waals surface area (Å²) in [4.78, 5) is 28.2. The minimum atomic E-state index is -0.950. The van der Waals surface area contributed by atoms with Crippen LogP contribution in [0.1, 0.15) is 47.8 Å². The van der Waals surface area contributed by atoms with Crippen LogP contribution < -0.4 is 10.1 Å². The van der Waals surface area contributed by atoms with E-state index in [-0.39, 0.29) is 23.8 Å². The number of carboxylic acids is 1. The van der Waals surface area contributed by atoms with Crippen molar-refractivity contribution in [2.24, 2.45) is 5.92 Å². The van der Waals surface area contributed by atoms with Gasteiger partial charge in [-0.3, -0.25) is 4.79 Å². The first-order valence-corrected chi connectivity index (χ1v) is 12.2. The number of amides is 1. The summed E-state index contributed by atoms with van der Waals surface area (Å²) in [6.07, 6.45) is 3.90. The van der Waals surface area contributed by atoms with Gasteiger partial charge in [-0.05, 0) is 44.1 Å². The Labute approximate surface area is 201 Å². The molecule has 1 aromatic heterocycles. The van der Waals surface area contributed by atoms with Crippen LogP contribution in [0.5, 0.6) is 5.88 Å². The number of thiazole rings is 1. The van der Waals surface area contributed by atoms with Crippen LogP contribution in [0.25, 0.3) is 0 Å². The summed E-state index contributed by atoms with van der Waals surface area (Å²) in [5.74, 6) is -0.550. The standard InChI is InChI=1S/C24H28N2O7S/c1-15(24(28)29)31-18-9-7-17(8-10-18)12-25-22(27)21-23(26-14-34-21)33-20-13-30-19(32-20)11-16-5-3-2-4-6-16/h2-6,13-15,17-19H,7-12H2,1H3,(H,25,27)(H,28,29). The number of aliphatic carboxylic acids is 1. The number of carbonyl (C=O) groups is 2. The van der Waals surface area contributed by atoms with E-state index in [1.54, 1.807) is 12.4 Å². The van der Waals surface area contributed by atoms with Gasteiger partial charge in [0.15, 0.2) is 17.2 Å². The van der Waals surface area contributed by atoms with Gasteiger partial charge in [0.05, 0.1) is 11.6 Å². The van der Waals surface area contributed by atoms with Gasteiger partial charge in [-0.1, -0.05) is 30.3 Å². The summed E-state index contributed by atoms with van der Waals surface area (Å²) >= 11 is 1.19. The molecule has 2 unspecified atom stereocenters. The number of hydrogen-bond donors (Lipinski definition) is 2. The molecule has 0 spiro atoms. The highest BCUT2D eigenvalue weighted by atomic mass is 32.1. The number of hydrogen-bond acceptors (Lipinski definition) is 8. The topological polar surface area (TPSA) is 116 Å². The number of aromatic nitrogens is 1. The first-order chi connectivity index (χ1) is 16.5. The van der Waals surface area contributed by atoms with E-state index < -0.39 is 18.4 Å². The predicted octanol–water partition coefficient (Wildman–Crippen LogP) is 3.71. The lowest BCUT2D eigenvalue weighted by molar-refractivity contribution is -0.154. The summed E-state index contributed by atoms with van der Waals surface area (Å²) in [6, 6.07) is 9.84. The fraction of sp³-hybridized carbons (Fsp3) is 0.458. The number of carbonyl (C=O) groups excluding carboxylic acids is 1. The van der Waals surface area contributed by atoms with E-state index in [4.69, 9.17) is 24.1 Å². The molecule has 0 bridgehead atoms. The van der Waals surface area contributed by atoms with Crippen molar-refractivity contribution in [2.75, 3.05) is 6.54 Å². The molecule has 2 aliphatic rings. The van der Waals surface area contributed by atoms with Crippen molar-refractivity contribution < 1.29 is 33.6 Å². The van der Waals surface area contributed by atoms with Gasteiger partial charge in [-0.2, -0.15) is 0 Å². The Hall–Kier alpha value is -3.11. The Morgan fingerprint density at radius 1 is 1.24 bits per heavy atom. The van der Waals surface area contributed by atoms with Crippen LogP contribution in [-0.2, 0) is 25.4 Å². The normalized spacial score (nSPS) is 22.7. The van der Waals surface area contributed by atoms with Crippen LogP contribution in [0.3, 0.4) is 0 Å². The minimum Gasteiger partial charge on any atom is -0.479 e. The zero-order valence-corrected chi connectivity index (χ0v) is 19.7. The fourth-order valence-electron chi connectivity index (χ4n) is 3.95. The molecule has 1 fully saturated rings. The van der Waals surface area contributed by atoms with E-state index in [9.17, 15) is 9.59 Å². The van der Waals surface area contributed by atoms with Crippen LogP contribution in [0.4, 0.5) is 0 Å². The highest BCUT2D eigenvalue weighted by molar-refractivity contribution is 7.12. The zero-order valence-electron chi connectivity index (χ0n) is 18.8. The second-order valence-corrected chi connectivity index (χ2v) is 9.22. The maximum atomic E-state index is 12.7. The molecule has 1 saturated carbocycles. The molecule has 1 aliphatic carbocycles. The third-order valence-corrected chi connectivity index (χ3v) is 6.64. The number of ether oxygens (including phenoxy) is 4. The Morgan fingerprint density at radius 3 is 2.74 bits per heavy atom. The molecule has 34 heavy (non-hydrogen) atoms. The van der Waals surface area contributed by atoms with Crippen LogP contribution in [-0.4, -0.2) is 47.0 Å². The van der Waals surface area contributed by atoms with Crippen LogP contribution in [0, 0.1) is 5.92 Å². The molecular weight excluding hydrogens is 460 g/mol. The number of nitrogens with one attached hydrogen (secondary N) is 1. The third kappa shape index (κ3) is 6.48. The van der Waals surface area contributed by atoms with Gasteiger partial charge in [0.1, 0.15) is 0 Å². The maximum Gasteiger partial charge on any atom is 0.332 e. The first kappa shape index (κ1) is 24.0. The average Bonchev–Trinajstić information content (AvgIpc) is 3.48. The fourth-order valence-corrected chi connectivity index (χ4v) is 4.58. The van der Waals surface area contributed by atoms with Gasteiger partial charge in [0.25, 0.3) is 5.91 Å². The molecular formula is C24H28N2O7S. The second-order valence-electron chi connectivity index (χ2n) is 8.37. The Morgan fingerprint density at radius 2 is 2.00 bits per heavy atom. The third-order valence-electron chi connectivity index (χ3n) is 5.84. The summed E-state index contributed by atoms with van der Waals surface area (Å²) in [7, 11) is 0. The van der Waals surface area contributed by atoms with E-state index in [0.29, 0.717) is 23.8 Å². The van der Waals surface area contributed by atoms with Gasteiger partial charge in [0, 0.05) is 13.0 Å². The SMILES string of the molecule is CC(OC1CCC(CNC(=O)c2scnc2OC2=COC(Cc3ccccc3)O2)CC1)C(=O)O. The molecule has 1 amide bonds. The molecule has 2 N–H and O–H groups in total. The lowest BCUT2D eigenvalue weighted by atomic mass is 9.87. The number of carboxylic acid groups (broad SMARTS) is 1. The molecule has 9 nitrogen and oxygen atoms in total. The smallest absolute Gasteiger partial charge is 0.332 e. The average molecular weight is 489 g/mol. The van der Waals surface area contributed by atoms with Gasteiger partial charge in [-0.25, -0.2) is 9.78 Å². The highest BCUT2D eigenvalue weighted by Gasteiger charge is 2.27. The Balaban J connectivity index is 1.21. The molecule has 1 aromatic carbocycles. The van der Waals surface area contributed by atoms with E-state index >= 15 is 0 Å². The largest absolute Gasteiger partial charge is 0.479 e.